The number of benzene rings is 1. The number of hydrogen-bond acceptors (Lipinski definition) is 2. The fraction of sp³-hybridized carbons (Fsp3) is 0.500. The molecule has 0 aromatic heterocycles. The largest absolute Gasteiger partial charge is 0.347 e. The van der Waals surface area contributed by atoms with Crippen molar-refractivity contribution in [1.82, 2.24) is 5.32 Å². The molecule has 1 saturated carbocycles. The fourth-order valence-corrected chi connectivity index (χ4v) is 1.80. The predicted molar refractivity (Wildman–Crippen MR) is 79.6 cm³/mol. The summed E-state index contributed by atoms with van der Waals surface area (Å²) in [5.41, 5.74) is 1.02. The molecule has 0 bridgehead atoms. The van der Waals surface area contributed by atoms with Gasteiger partial charge in [-0.25, -0.2) is 0 Å². The van der Waals surface area contributed by atoms with Gasteiger partial charge in [0.2, 0.25) is 5.91 Å². The maximum absolute atomic E-state index is 12.2. The average Bonchev–Trinajstić information content (AvgIpc) is 3.23. The van der Waals surface area contributed by atoms with Gasteiger partial charge in [0.15, 0.2) is 0 Å². The van der Waals surface area contributed by atoms with Crippen molar-refractivity contribution in [2.45, 2.75) is 45.6 Å². The lowest BCUT2D eigenvalue weighted by molar-refractivity contribution is -0.117. The van der Waals surface area contributed by atoms with Gasteiger partial charge in [0.05, 0.1) is 0 Å². The second-order valence-electron chi connectivity index (χ2n) is 6.04. The van der Waals surface area contributed by atoms with Crippen LogP contribution in [0.2, 0.25) is 0 Å². The van der Waals surface area contributed by atoms with Crippen LogP contribution in [-0.4, -0.2) is 17.4 Å². The van der Waals surface area contributed by atoms with Gasteiger partial charge in [0.25, 0.3) is 5.91 Å². The van der Waals surface area contributed by atoms with E-state index >= 15 is 0 Å². The highest BCUT2D eigenvalue weighted by atomic mass is 16.2. The van der Waals surface area contributed by atoms with Crippen molar-refractivity contribution in [3.05, 3.63) is 29.8 Å². The van der Waals surface area contributed by atoms with Crippen LogP contribution < -0.4 is 10.6 Å². The molecule has 4 nitrogen and oxygen atoms in total. The maximum atomic E-state index is 12.2. The van der Waals surface area contributed by atoms with Crippen molar-refractivity contribution in [2.24, 2.45) is 5.92 Å². The van der Waals surface area contributed by atoms with Crippen LogP contribution in [0, 0.1) is 5.92 Å². The van der Waals surface area contributed by atoms with E-state index in [0.29, 0.717) is 11.3 Å². The lowest BCUT2D eigenvalue weighted by atomic mass is 10.0. The SMILES string of the molecule is CCC(C)(C)NC(=O)c1cccc(NC(=O)C2CC2)c1. The Morgan fingerprint density at radius 3 is 2.60 bits per heavy atom. The van der Waals surface area contributed by atoms with Crippen LogP contribution in [0.3, 0.4) is 0 Å². The van der Waals surface area contributed by atoms with Gasteiger partial charge >= 0.3 is 0 Å². The van der Waals surface area contributed by atoms with Gasteiger partial charge in [-0.05, 0) is 51.3 Å². The van der Waals surface area contributed by atoms with E-state index in [4.69, 9.17) is 0 Å². The van der Waals surface area contributed by atoms with Crippen LogP contribution in [0.25, 0.3) is 0 Å². The molecule has 0 atom stereocenters. The summed E-state index contributed by atoms with van der Waals surface area (Å²) in [6.45, 7) is 6.01. The molecule has 2 rings (SSSR count). The number of carbonyl (C=O) groups excluding carboxylic acids is 2. The van der Waals surface area contributed by atoms with Gasteiger partial charge in [0.1, 0.15) is 0 Å². The van der Waals surface area contributed by atoms with Crippen LogP contribution in [0.4, 0.5) is 5.69 Å². The Morgan fingerprint density at radius 2 is 2.00 bits per heavy atom. The van der Waals surface area contributed by atoms with Crippen molar-refractivity contribution >= 4 is 17.5 Å². The first-order chi connectivity index (χ1) is 9.41. The minimum Gasteiger partial charge on any atom is -0.347 e. The second kappa shape index (κ2) is 5.65. The van der Waals surface area contributed by atoms with E-state index in [1.54, 1.807) is 18.2 Å². The molecule has 1 aliphatic carbocycles. The molecule has 2 N–H and O–H groups in total. The standard InChI is InChI=1S/C16H22N2O2/c1-4-16(2,3)18-15(20)12-6-5-7-13(10-12)17-14(19)11-8-9-11/h5-7,10-11H,4,8-9H2,1-3H3,(H,17,19)(H,18,20). The van der Waals surface area contributed by atoms with Crippen LogP contribution in [0.5, 0.6) is 0 Å². The zero-order valence-electron chi connectivity index (χ0n) is 12.3. The first-order valence-electron chi connectivity index (χ1n) is 7.15. The molecule has 1 aromatic rings. The van der Waals surface area contributed by atoms with Crippen LogP contribution >= 0.6 is 0 Å². The molecule has 0 saturated heterocycles. The summed E-state index contributed by atoms with van der Waals surface area (Å²) in [6.07, 6.45) is 2.80. The number of anilines is 1. The number of hydrogen-bond donors (Lipinski definition) is 2. The maximum Gasteiger partial charge on any atom is 0.251 e. The zero-order chi connectivity index (χ0) is 14.8. The topological polar surface area (TPSA) is 58.2 Å². The Labute approximate surface area is 119 Å². The van der Waals surface area contributed by atoms with Crippen molar-refractivity contribution in [1.29, 1.82) is 0 Å². The molecule has 1 fully saturated rings. The molecule has 4 heteroatoms. The summed E-state index contributed by atoms with van der Waals surface area (Å²) in [4.78, 5) is 23.9. The Balaban J connectivity index is 2.04. The Bertz CT molecular complexity index is 519. The van der Waals surface area contributed by atoms with E-state index < -0.39 is 0 Å². The van der Waals surface area contributed by atoms with Crippen LogP contribution in [0.15, 0.2) is 24.3 Å². The molecular weight excluding hydrogens is 252 g/mol. The molecular formula is C16H22N2O2. The minimum absolute atomic E-state index is 0.0523. The molecule has 1 aromatic carbocycles. The van der Waals surface area contributed by atoms with E-state index in [2.05, 4.69) is 10.6 Å². The first-order valence-corrected chi connectivity index (χ1v) is 7.15. The Kier molecular flexibility index (Phi) is 4.12. The molecule has 0 heterocycles. The average molecular weight is 274 g/mol. The molecule has 0 unspecified atom stereocenters. The van der Waals surface area contributed by atoms with E-state index in [0.717, 1.165) is 19.3 Å². The summed E-state index contributed by atoms with van der Waals surface area (Å²) < 4.78 is 0. The van der Waals surface area contributed by atoms with Crippen molar-refractivity contribution in [3.63, 3.8) is 0 Å². The van der Waals surface area contributed by atoms with Gasteiger partial charge in [-0.2, -0.15) is 0 Å². The lowest BCUT2D eigenvalue weighted by Crippen LogP contribution is -2.42. The third kappa shape index (κ3) is 3.83. The lowest BCUT2D eigenvalue weighted by Gasteiger charge is -2.24. The fourth-order valence-electron chi connectivity index (χ4n) is 1.80. The van der Waals surface area contributed by atoms with E-state index in [-0.39, 0.29) is 23.3 Å². The predicted octanol–water partition coefficient (Wildman–Crippen LogP) is 2.95. The molecule has 0 radical (unpaired) electrons. The van der Waals surface area contributed by atoms with Crippen LogP contribution in [0.1, 0.15) is 50.4 Å². The van der Waals surface area contributed by atoms with E-state index in [1.807, 2.05) is 26.8 Å². The number of amides is 2. The van der Waals surface area contributed by atoms with Crippen molar-refractivity contribution in [3.8, 4) is 0 Å². The number of rotatable bonds is 5. The van der Waals surface area contributed by atoms with Gasteiger partial charge < -0.3 is 10.6 Å². The van der Waals surface area contributed by atoms with Gasteiger partial charge in [-0.3, -0.25) is 9.59 Å². The summed E-state index contributed by atoms with van der Waals surface area (Å²) in [5.74, 6) is 0.0994. The smallest absolute Gasteiger partial charge is 0.251 e. The Hall–Kier alpha value is -1.84. The zero-order valence-corrected chi connectivity index (χ0v) is 12.3. The minimum atomic E-state index is -0.232. The normalized spacial score (nSPS) is 14.8. The summed E-state index contributed by atoms with van der Waals surface area (Å²) in [5, 5.41) is 5.84. The van der Waals surface area contributed by atoms with E-state index in [9.17, 15) is 9.59 Å². The van der Waals surface area contributed by atoms with Gasteiger partial charge in [-0.15, -0.1) is 0 Å². The van der Waals surface area contributed by atoms with E-state index in [1.165, 1.54) is 0 Å². The first kappa shape index (κ1) is 14.6. The molecule has 0 spiro atoms. The second-order valence-corrected chi connectivity index (χ2v) is 6.04. The molecule has 1 aliphatic rings. The Morgan fingerprint density at radius 1 is 1.30 bits per heavy atom. The van der Waals surface area contributed by atoms with Gasteiger partial charge in [-0.1, -0.05) is 13.0 Å². The molecule has 2 amide bonds. The van der Waals surface area contributed by atoms with Crippen molar-refractivity contribution in [2.75, 3.05) is 5.32 Å². The third-order valence-electron chi connectivity index (χ3n) is 3.68. The monoisotopic (exact) mass is 274 g/mol. The number of nitrogens with one attached hydrogen (secondary N) is 2. The van der Waals surface area contributed by atoms with Gasteiger partial charge in [0, 0.05) is 22.7 Å². The quantitative estimate of drug-likeness (QED) is 0.867. The highest BCUT2D eigenvalue weighted by molar-refractivity contribution is 5.98. The molecule has 0 aliphatic heterocycles. The molecule has 108 valence electrons. The molecule has 20 heavy (non-hydrogen) atoms. The summed E-state index contributed by atoms with van der Waals surface area (Å²) in [6, 6.07) is 7.08. The third-order valence-corrected chi connectivity index (χ3v) is 3.68. The summed E-state index contributed by atoms with van der Waals surface area (Å²) >= 11 is 0. The highest BCUT2D eigenvalue weighted by Crippen LogP contribution is 2.30. The van der Waals surface area contributed by atoms with Crippen LogP contribution in [-0.2, 0) is 4.79 Å². The highest BCUT2D eigenvalue weighted by Gasteiger charge is 2.29. The number of carbonyl (C=O) groups is 2. The summed E-state index contributed by atoms with van der Waals surface area (Å²) in [7, 11) is 0. The van der Waals surface area contributed by atoms with Crippen molar-refractivity contribution < 1.29 is 9.59 Å².